The quantitative estimate of drug-likeness (QED) is 0.887. The van der Waals surface area contributed by atoms with E-state index in [1.54, 1.807) is 6.07 Å². The lowest BCUT2D eigenvalue weighted by Crippen LogP contribution is -2.48. The molecule has 28 heavy (non-hydrogen) atoms. The van der Waals surface area contributed by atoms with Crippen molar-refractivity contribution in [1.82, 2.24) is 4.98 Å². The van der Waals surface area contributed by atoms with E-state index < -0.39 is 0 Å². The number of piperidine rings is 1. The summed E-state index contributed by atoms with van der Waals surface area (Å²) in [4.78, 5) is 20.4. The Morgan fingerprint density at radius 1 is 1.07 bits per heavy atom. The molecular formula is C23H29N3O2. The Bertz CT molecular complexity index is 860. The zero-order valence-corrected chi connectivity index (χ0v) is 16.3. The van der Waals surface area contributed by atoms with Gasteiger partial charge < -0.3 is 19.5 Å². The van der Waals surface area contributed by atoms with Gasteiger partial charge in [0.05, 0.1) is 13.2 Å². The van der Waals surface area contributed by atoms with Gasteiger partial charge in [-0.3, -0.25) is 4.79 Å². The first-order valence-electron chi connectivity index (χ1n) is 10.6. The largest absolute Gasteiger partial charge is 0.378 e. The average molecular weight is 380 g/mol. The lowest BCUT2D eigenvalue weighted by molar-refractivity contribution is 0.122. The molecule has 2 saturated heterocycles. The van der Waals surface area contributed by atoms with Gasteiger partial charge in [0.2, 0.25) is 0 Å². The number of anilines is 2. The molecule has 5 nitrogen and oxygen atoms in total. The van der Waals surface area contributed by atoms with E-state index in [0.29, 0.717) is 6.04 Å². The van der Waals surface area contributed by atoms with Crippen LogP contribution < -0.4 is 15.4 Å². The summed E-state index contributed by atoms with van der Waals surface area (Å²) in [6.45, 7) is 4.21. The molecule has 3 atom stereocenters. The minimum Gasteiger partial charge on any atom is -0.378 e. The molecule has 5 rings (SSSR count). The SMILES string of the molecule is O=c1cc(N2CCOCC2)cc(N2C[C@H]3CC[C@H](C3)[C@@H]2Cc2ccccc2)[nH]1. The van der Waals surface area contributed by atoms with Gasteiger partial charge in [-0.05, 0) is 43.1 Å². The zero-order chi connectivity index (χ0) is 18.9. The number of nitrogens with zero attached hydrogens (tertiary/aromatic N) is 2. The molecule has 0 amide bonds. The first kappa shape index (κ1) is 17.8. The predicted octanol–water partition coefficient (Wildman–Crippen LogP) is 3.06. The lowest BCUT2D eigenvalue weighted by Gasteiger charge is -2.42. The van der Waals surface area contributed by atoms with Crippen LogP contribution in [0.15, 0.2) is 47.3 Å². The van der Waals surface area contributed by atoms with E-state index in [2.05, 4.69) is 51.2 Å². The Morgan fingerprint density at radius 3 is 2.71 bits per heavy atom. The van der Waals surface area contributed by atoms with Gasteiger partial charge in [0, 0.05) is 43.5 Å². The predicted molar refractivity (Wildman–Crippen MR) is 112 cm³/mol. The van der Waals surface area contributed by atoms with Crippen molar-refractivity contribution in [2.75, 3.05) is 42.6 Å². The summed E-state index contributed by atoms with van der Waals surface area (Å²) in [7, 11) is 0. The normalized spacial score (nSPS) is 27.2. The Kier molecular flexibility index (Phi) is 4.85. The number of hydrogen-bond acceptors (Lipinski definition) is 4. The number of morpholine rings is 1. The molecular weight excluding hydrogens is 350 g/mol. The second-order valence-corrected chi connectivity index (χ2v) is 8.54. The lowest BCUT2D eigenvalue weighted by atomic mass is 9.86. The third kappa shape index (κ3) is 3.55. The minimum absolute atomic E-state index is 0.00428. The van der Waals surface area contributed by atoms with Gasteiger partial charge >= 0.3 is 0 Å². The highest BCUT2D eigenvalue weighted by Gasteiger charge is 2.41. The fourth-order valence-electron chi connectivity index (χ4n) is 5.38. The maximum atomic E-state index is 12.5. The number of rotatable bonds is 4. The highest BCUT2D eigenvalue weighted by Crippen LogP contribution is 2.43. The maximum absolute atomic E-state index is 12.5. The molecule has 0 unspecified atom stereocenters. The molecule has 2 aromatic rings. The van der Waals surface area contributed by atoms with E-state index in [1.807, 2.05) is 0 Å². The van der Waals surface area contributed by atoms with Crippen molar-refractivity contribution >= 4 is 11.5 Å². The van der Waals surface area contributed by atoms with Crippen molar-refractivity contribution in [1.29, 1.82) is 0 Å². The second-order valence-electron chi connectivity index (χ2n) is 8.54. The highest BCUT2D eigenvalue weighted by atomic mass is 16.5. The smallest absolute Gasteiger partial charge is 0.251 e. The molecule has 1 aliphatic carbocycles. The van der Waals surface area contributed by atoms with Crippen LogP contribution in [0.1, 0.15) is 24.8 Å². The number of fused-ring (bicyclic) bond motifs is 2. The number of H-pyrrole nitrogens is 1. The number of benzene rings is 1. The molecule has 5 heteroatoms. The van der Waals surface area contributed by atoms with Crippen LogP contribution in [0.2, 0.25) is 0 Å². The van der Waals surface area contributed by atoms with Crippen LogP contribution in [0, 0.1) is 11.8 Å². The Morgan fingerprint density at radius 2 is 1.89 bits per heavy atom. The fraction of sp³-hybridized carbons (Fsp3) is 0.522. The van der Waals surface area contributed by atoms with Crippen molar-refractivity contribution < 1.29 is 4.74 Å². The van der Waals surface area contributed by atoms with Crippen molar-refractivity contribution in [3.05, 3.63) is 58.4 Å². The first-order valence-corrected chi connectivity index (χ1v) is 10.6. The van der Waals surface area contributed by atoms with Gasteiger partial charge in [0.25, 0.3) is 5.56 Å². The number of aromatic amines is 1. The van der Waals surface area contributed by atoms with E-state index in [9.17, 15) is 4.79 Å². The molecule has 1 saturated carbocycles. The summed E-state index contributed by atoms with van der Waals surface area (Å²) in [6.07, 6.45) is 5.01. The van der Waals surface area contributed by atoms with Crippen LogP contribution in [-0.2, 0) is 11.2 Å². The summed E-state index contributed by atoms with van der Waals surface area (Å²) in [5.41, 5.74) is 2.41. The molecule has 2 aliphatic heterocycles. The van der Waals surface area contributed by atoms with Crippen molar-refractivity contribution in [2.45, 2.75) is 31.7 Å². The average Bonchev–Trinajstić information content (AvgIpc) is 3.13. The molecule has 1 aromatic heterocycles. The van der Waals surface area contributed by atoms with Crippen LogP contribution in [0.25, 0.3) is 0 Å². The molecule has 148 valence electrons. The van der Waals surface area contributed by atoms with Crippen molar-refractivity contribution in [3.63, 3.8) is 0 Å². The Balaban J connectivity index is 1.47. The number of hydrogen-bond donors (Lipinski definition) is 1. The number of nitrogens with one attached hydrogen (secondary N) is 1. The molecule has 1 N–H and O–H groups in total. The summed E-state index contributed by atoms with van der Waals surface area (Å²) in [6, 6.07) is 15.2. The third-order valence-corrected chi connectivity index (χ3v) is 6.77. The van der Waals surface area contributed by atoms with E-state index in [-0.39, 0.29) is 5.56 Å². The van der Waals surface area contributed by atoms with E-state index in [1.165, 1.54) is 24.8 Å². The summed E-state index contributed by atoms with van der Waals surface area (Å²) in [5, 5.41) is 0. The van der Waals surface area contributed by atoms with E-state index >= 15 is 0 Å². The molecule has 3 aliphatic rings. The van der Waals surface area contributed by atoms with Crippen LogP contribution >= 0.6 is 0 Å². The standard InChI is InChI=1S/C23H29N3O2/c27-23-15-20(25-8-10-28-11-9-25)14-22(24-23)26-16-18-6-7-19(12-18)21(26)13-17-4-2-1-3-5-17/h1-5,14-15,18-19,21H,6-13,16H2,(H,24,27)/t18-,19+,21-/m0/s1. The summed E-state index contributed by atoms with van der Waals surface area (Å²) >= 11 is 0. The summed E-state index contributed by atoms with van der Waals surface area (Å²) < 4.78 is 5.48. The van der Waals surface area contributed by atoms with Gasteiger partial charge in [-0.1, -0.05) is 30.3 Å². The van der Waals surface area contributed by atoms with Gasteiger partial charge in [0.15, 0.2) is 0 Å². The monoisotopic (exact) mass is 379 g/mol. The number of pyridine rings is 1. The molecule has 2 bridgehead atoms. The van der Waals surface area contributed by atoms with Crippen LogP contribution in [0.5, 0.6) is 0 Å². The summed E-state index contributed by atoms with van der Waals surface area (Å²) in [5.74, 6) is 2.47. The third-order valence-electron chi connectivity index (χ3n) is 6.77. The second kappa shape index (κ2) is 7.63. The van der Waals surface area contributed by atoms with Gasteiger partial charge in [-0.25, -0.2) is 0 Å². The Hall–Kier alpha value is -2.27. The van der Waals surface area contributed by atoms with Crippen LogP contribution in [0.4, 0.5) is 11.5 Å². The Labute approximate surface area is 166 Å². The zero-order valence-electron chi connectivity index (χ0n) is 16.3. The first-order chi connectivity index (χ1) is 13.8. The van der Waals surface area contributed by atoms with Crippen molar-refractivity contribution in [2.24, 2.45) is 11.8 Å². The van der Waals surface area contributed by atoms with E-state index in [0.717, 1.165) is 62.6 Å². The number of aromatic nitrogens is 1. The molecule has 0 spiro atoms. The topological polar surface area (TPSA) is 48.6 Å². The number of ether oxygens (including phenoxy) is 1. The highest BCUT2D eigenvalue weighted by molar-refractivity contribution is 5.56. The van der Waals surface area contributed by atoms with Crippen LogP contribution in [-0.4, -0.2) is 43.9 Å². The molecule has 0 radical (unpaired) electrons. The van der Waals surface area contributed by atoms with Gasteiger partial charge in [0.1, 0.15) is 5.82 Å². The fourth-order valence-corrected chi connectivity index (χ4v) is 5.38. The van der Waals surface area contributed by atoms with Gasteiger partial charge in [-0.15, -0.1) is 0 Å². The van der Waals surface area contributed by atoms with Crippen LogP contribution in [0.3, 0.4) is 0 Å². The maximum Gasteiger partial charge on any atom is 0.251 e. The molecule has 1 aromatic carbocycles. The van der Waals surface area contributed by atoms with Crippen molar-refractivity contribution in [3.8, 4) is 0 Å². The molecule has 3 fully saturated rings. The van der Waals surface area contributed by atoms with Gasteiger partial charge in [-0.2, -0.15) is 0 Å². The minimum atomic E-state index is -0.00428. The molecule has 3 heterocycles. The van der Waals surface area contributed by atoms with E-state index in [4.69, 9.17) is 4.74 Å².